The van der Waals surface area contributed by atoms with Gasteiger partial charge in [-0.15, -0.1) is 0 Å². The average Bonchev–Trinajstić information content (AvgIpc) is 2.36. The molecule has 19 heavy (non-hydrogen) atoms. The predicted octanol–water partition coefficient (Wildman–Crippen LogP) is 3.36. The van der Waals surface area contributed by atoms with E-state index < -0.39 is 6.10 Å². The van der Waals surface area contributed by atoms with Crippen molar-refractivity contribution in [2.24, 2.45) is 0 Å². The first kappa shape index (κ1) is 12.6. The number of aliphatic hydroxyl groups excluding tert-OH is 1. The van der Waals surface area contributed by atoms with Crippen LogP contribution in [0.4, 0.5) is 0 Å². The molecular formula is C17H21NO. The predicted molar refractivity (Wildman–Crippen MR) is 79.2 cm³/mol. The molecule has 100 valence electrons. The number of fused-ring (bicyclic) bond motifs is 1. The smallest absolute Gasteiger partial charge is 0.0917 e. The summed E-state index contributed by atoms with van der Waals surface area (Å²) in [5.41, 5.74) is 1.02. The lowest BCUT2D eigenvalue weighted by atomic mass is 9.91. The minimum atomic E-state index is -0.393. The van der Waals surface area contributed by atoms with Gasteiger partial charge >= 0.3 is 0 Å². The van der Waals surface area contributed by atoms with Gasteiger partial charge in [0.1, 0.15) is 0 Å². The van der Waals surface area contributed by atoms with Crippen molar-refractivity contribution >= 4 is 10.8 Å². The fourth-order valence-electron chi connectivity index (χ4n) is 2.77. The highest BCUT2D eigenvalue weighted by Crippen LogP contribution is 2.26. The van der Waals surface area contributed by atoms with Crippen LogP contribution in [0.2, 0.25) is 0 Å². The number of rotatable bonds is 4. The largest absolute Gasteiger partial charge is 0.387 e. The summed E-state index contributed by atoms with van der Waals surface area (Å²) in [6.07, 6.45) is 3.50. The minimum absolute atomic E-state index is 0.393. The summed E-state index contributed by atoms with van der Waals surface area (Å²) in [5, 5.41) is 12.8. The van der Waals surface area contributed by atoms with Crippen molar-refractivity contribution in [3.8, 4) is 0 Å². The van der Waals surface area contributed by atoms with Crippen LogP contribution in [0.15, 0.2) is 42.5 Å². The number of benzene rings is 2. The number of hydrogen-bond donors (Lipinski definition) is 1. The molecular weight excluding hydrogens is 234 g/mol. The summed E-state index contributed by atoms with van der Waals surface area (Å²) >= 11 is 0. The number of aliphatic hydroxyl groups is 1. The summed E-state index contributed by atoms with van der Waals surface area (Å²) in [6.45, 7) is 0.725. The Balaban J connectivity index is 1.75. The first-order chi connectivity index (χ1) is 9.24. The molecule has 0 radical (unpaired) electrons. The Labute approximate surface area is 114 Å². The molecule has 0 aromatic heterocycles. The first-order valence-electron chi connectivity index (χ1n) is 7.11. The van der Waals surface area contributed by atoms with E-state index in [0.29, 0.717) is 6.04 Å². The molecule has 1 fully saturated rings. The molecule has 2 nitrogen and oxygen atoms in total. The lowest BCUT2D eigenvalue weighted by Crippen LogP contribution is -2.39. The molecule has 1 atom stereocenters. The Morgan fingerprint density at radius 3 is 2.58 bits per heavy atom. The van der Waals surface area contributed by atoms with Gasteiger partial charge in [0.2, 0.25) is 0 Å². The monoisotopic (exact) mass is 255 g/mol. The van der Waals surface area contributed by atoms with Crippen LogP contribution in [0.3, 0.4) is 0 Å². The molecule has 0 spiro atoms. The topological polar surface area (TPSA) is 23.5 Å². The summed E-state index contributed by atoms with van der Waals surface area (Å²) in [4.78, 5) is 2.29. The molecule has 0 bridgehead atoms. The van der Waals surface area contributed by atoms with Gasteiger partial charge in [0, 0.05) is 12.6 Å². The molecule has 1 saturated carbocycles. The van der Waals surface area contributed by atoms with Crippen molar-refractivity contribution in [2.75, 3.05) is 13.6 Å². The summed E-state index contributed by atoms with van der Waals surface area (Å²) in [5.74, 6) is 0. The van der Waals surface area contributed by atoms with E-state index >= 15 is 0 Å². The maximum Gasteiger partial charge on any atom is 0.0917 e. The number of nitrogens with zero attached hydrogens (tertiary/aromatic N) is 1. The van der Waals surface area contributed by atoms with Crippen molar-refractivity contribution < 1.29 is 5.11 Å². The molecule has 0 heterocycles. The summed E-state index contributed by atoms with van der Waals surface area (Å²) in [6, 6.07) is 15.2. The Kier molecular flexibility index (Phi) is 3.54. The van der Waals surface area contributed by atoms with Gasteiger partial charge in [0.25, 0.3) is 0 Å². The van der Waals surface area contributed by atoms with Crippen molar-refractivity contribution in [3.63, 3.8) is 0 Å². The Bertz CT molecular complexity index is 562. The van der Waals surface area contributed by atoms with Gasteiger partial charge in [0.05, 0.1) is 6.10 Å². The van der Waals surface area contributed by atoms with Crippen LogP contribution in [-0.2, 0) is 0 Å². The van der Waals surface area contributed by atoms with Crippen LogP contribution in [0, 0.1) is 0 Å². The van der Waals surface area contributed by atoms with Gasteiger partial charge in [-0.3, -0.25) is 0 Å². The maximum absolute atomic E-state index is 10.4. The van der Waals surface area contributed by atoms with Crippen LogP contribution in [-0.4, -0.2) is 29.6 Å². The minimum Gasteiger partial charge on any atom is -0.387 e. The SMILES string of the molecule is CN(CC(O)c1ccc2ccccc2c1)C1CCC1. The molecule has 1 aliphatic carbocycles. The van der Waals surface area contributed by atoms with Gasteiger partial charge in [-0.1, -0.05) is 42.8 Å². The molecule has 0 aliphatic heterocycles. The van der Waals surface area contributed by atoms with Crippen molar-refractivity contribution in [3.05, 3.63) is 48.0 Å². The first-order valence-corrected chi connectivity index (χ1v) is 7.11. The van der Waals surface area contributed by atoms with Crippen LogP contribution in [0.1, 0.15) is 30.9 Å². The summed E-state index contributed by atoms with van der Waals surface area (Å²) < 4.78 is 0. The number of hydrogen-bond acceptors (Lipinski definition) is 2. The normalized spacial score (nSPS) is 17.6. The van der Waals surface area contributed by atoms with E-state index in [-0.39, 0.29) is 0 Å². The molecule has 2 heteroatoms. The third kappa shape index (κ3) is 2.65. The van der Waals surface area contributed by atoms with E-state index in [1.807, 2.05) is 18.2 Å². The van der Waals surface area contributed by atoms with Gasteiger partial charge < -0.3 is 10.0 Å². The Morgan fingerprint density at radius 2 is 1.89 bits per heavy atom. The van der Waals surface area contributed by atoms with E-state index in [1.165, 1.54) is 30.0 Å². The Hall–Kier alpha value is -1.38. The van der Waals surface area contributed by atoms with E-state index in [9.17, 15) is 5.11 Å². The zero-order valence-electron chi connectivity index (χ0n) is 11.4. The van der Waals surface area contributed by atoms with Gasteiger partial charge in [-0.05, 0) is 42.3 Å². The quantitative estimate of drug-likeness (QED) is 0.905. The molecule has 3 rings (SSSR count). The molecule has 0 saturated heterocycles. The lowest BCUT2D eigenvalue weighted by Gasteiger charge is -2.35. The lowest BCUT2D eigenvalue weighted by molar-refractivity contribution is 0.0777. The number of likely N-dealkylation sites (N-methyl/N-ethyl adjacent to an activating group) is 1. The average molecular weight is 255 g/mol. The molecule has 0 amide bonds. The second kappa shape index (κ2) is 5.32. The fraction of sp³-hybridized carbons (Fsp3) is 0.412. The fourth-order valence-corrected chi connectivity index (χ4v) is 2.77. The second-order valence-electron chi connectivity index (χ2n) is 5.65. The van der Waals surface area contributed by atoms with Crippen LogP contribution in [0.25, 0.3) is 10.8 Å². The van der Waals surface area contributed by atoms with Gasteiger partial charge in [-0.2, -0.15) is 0 Å². The molecule has 1 N–H and O–H groups in total. The second-order valence-corrected chi connectivity index (χ2v) is 5.65. The van der Waals surface area contributed by atoms with E-state index in [4.69, 9.17) is 0 Å². The molecule has 2 aromatic rings. The van der Waals surface area contributed by atoms with Crippen molar-refractivity contribution in [1.29, 1.82) is 0 Å². The van der Waals surface area contributed by atoms with Crippen molar-refractivity contribution in [2.45, 2.75) is 31.4 Å². The van der Waals surface area contributed by atoms with E-state index in [1.54, 1.807) is 0 Å². The van der Waals surface area contributed by atoms with Gasteiger partial charge in [0.15, 0.2) is 0 Å². The van der Waals surface area contributed by atoms with E-state index in [0.717, 1.165) is 12.1 Å². The van der Waals surface area contributed by atoms with Crippen LogP contribution in [0.5, 0.6) is 0 Å². The standard InChI is InChI=1S/C17H21NO/c1-18(16-7-4-8-16)12-17(19)15-10-9-13-5-2-3-6-14(13)11-15/h2-3,5-6,9-11,16-17,19H,4,7-8,12H2,1H3. The van der Waals surface area contributed by atoms with Gasteiger partial charge in [-0.25, -0.2) is 0 Å². The van der Waals surface area contributed by atoms with E-state index in [2.05, 4.69) is 36.2 Å². The van der Waals surface area contributed by atoms with Crippen LogP contribution >= 0.6 is 0 Å². The highest BCUT2D eigenvalue weighted by molar-refractivity contribution is 5.83. The Morgan fingerprint density at radius 1 is 1.16 bits per heavy atom. The molecule has 1 aliphatic rings. The molecule has 2 aromatic carbocycles. The zero-order chi connectivity index (χ0) is 13.2. The molecule has 1 unspecified atom stereocenters. The van der Waals surface area contributed by atoms with Crippen LogP contribution < -0.4 is 0 Å². The maximum atomic E-state index is 10.4. The summed E-state index contributed by atoms with van der Waals surface area (Å²) in [7, 11) is 2.12. The highest BCUT2D eigenvalue weighted by atomic mass is 16.3. The highest BCUT2D eigenvalue weighted by Gasteiger charge is 2.23. The third-order valence-corrected chi connectivity index (χ3v) is 4.32. The zero-order valence-corrected chi connectivity index (χ0v) is 11.4. The van der Waals surface area contributed by atoms with Crippen molar-refractivity contribution in [1.82, 2.24) is 4.90 Å². The third-order valence-electron chi connectivity index (χ3n) is 4.32.